The van der Waals surface area contributed by atoms with Gasteiger partial charge in [0.05, 0.1) is 44.6 Å². The number of aliphatic hydroxyl groups excluding tert-OH is 1. The Bertz CT molecular complexity index is 2760. The quantitative estimate of drug-likeness (QED) is 0.0523. The first-order valence-corrected chi connectivity index (χ1v) is 30.0. The van der Waals surface area contributed by atoms with Crippen molar-refractivity contribution in [2.24, 2.45) is 16.7 Å². The van der Waals surface area contributed by atoms with Gasteiger partial charge in [-0.05, 0) is 97.9 Å². The van der Waals surface area contributed by atoms with Gasteiger partial charge < -0.3 is 30.9 Å². The van der Waals surface area contributed by atoms with Crippen LogP contribution in [0.3, 0.4) is 0 Å². The van der Waals surface area contributed by atoms with Crippen molar-refractivity contribution in [3.63, 3.8) is 0 Å². The molecular weight excluding hydrogens is 1040 g/mol. The summed E-state index contributed by atoms with van der Waals surface area (Å²) in [5.41, 5.74) is 4.51. The highest BCUT2D eigenvalue weighted by Gasteiger charge is 2.53. The van der Waals surface area contributed by atoms with Crippen LogP contribution in [0.1, 0.15) is 148 Å². The number of rotatable bonds is 23. The van der Waals surface area contributed by atoms with Crippen molar-refractivity contribution >= 4 is 73.9 Å². The zero-order valence-corrected chi connectivity index (χ0v) is 48.7. The largest absolute Gasteiger partial charge is 0.391 e. The van der Waals surface area contributed by atoms with E-state index < -0.39 is 62.1 Å². The van der Waals surface area contributed by atoms with Crippen molar-refractivity contribution in [1.82, 2.24) is 30.7 Å². The number of benzene rings is 3. The van der Waals surface area contributed by atoms with E-state index in [9.17, 15) is 32.7 Å². The molecule has 0 unspecified atom stereocenters. The van der Waals surface area contributed by atoms with Gasteiger partial charge >= 0.3 is 0 Å². The van der Waals surface area contributed by atoms with Crippen molar-refractivity contribution in [2.75, 3.05) is 18.8 Å². The Kier molecular flexibility index (Phi) is 20.8. The maximum Gasteiger partial charge on any atom is 0.246 e. The monoisotopic (exact) mass is 1120 g/mol. The second kappa shape index (κ2) is 26.2. The van der Waals surface area contributed by atoms with Crippen LogP contribution in [-0.2, 0) is 40.4 Å². The lowest BCUT2D eigenvalue weighted by Gasteiger charge is -2.53. The van der Waals surface area contributed by atoms with E-state index in [1.807, 2.05) is 109 Å². The van der Waals surface area contributed by atoms with Crippen LogP contribution in [0.5, 0.6) is 0 Å². The maximum absolute atomic E-state index is 15.2. The summed E-state index contributed by atoms with van der Waals surface area (Å²) in [6.07, 6.45) is 3.22. The van der Waals surface area contributed by atoms with Gasteiger partial charge in [-0.3, -0.25) is 24.0 Å². The van der Waals surface area contributed by atoms with Crippen molar-refractivity contribution in [3.05, 3.63) is 111 Å². The number of halogens is 2. The number of sulfone groups is 1. The lowest BCUT2D eigenvalue weighted by molar-refractivity contribution is -0.158. The van der Waals surface area contributed by atoms with Gasteiger partial charge in [0.1, 0.15) is 12.1 Å². The van der Waals surface area contributed by atoms with E-state index in [1.165, 1.54) is 4.90 Å². The molecule has 0 bridgehead atoms. The Hall–Kier alpha value is -4.87. The minimum Gasteiger partial charge on any atom is -0.391 e. The zero-order valence-electron chi connectivity index (χ0n) is 45.5. The Morgan fingerprint density at radius 1 is 0.882 bits per heavy atom. The summed E-state index contributed by atoms with van der Waals surface area (Å²) in [5, 5.41) is 20.0. The molecule has 1 aromatic heterocycles. The van der Waals surface area contributed by atoms with E-state index in [2.05, 4.69) is 20.9 Å². The normalized spacial score (nSPS) is 20.9. The second-order valence-electron chi connectivity index (χ2n) is 22.8. The third-order valence-corrected chi connectivity index (χ3v) is 18.7. The van der Waals surface area contributed by atoms with Crippen LogP contribution in [0.4, 0.5) is 0 Å². The first kappa shape index (κ1) is 60.4. The fourth-order valence-corrected chi connectivity index (χ4v) is 13.1. The molecule has 0 saturated carbocycles. The molecule has 0 radical (unpaired) electrons. The van der Waals surface area contributed by atoms with Crippen molar-refractivity contribution in [2.45, 2.75) is 168 Å². The van der Waals surface area contributed by atoms with E-state index in [0.29, 0.717) is 35.9 Å². The van der Waals surface area contributed by atoms with E-state index in [-0.39, 0.29) is 73.6 Å². The summed E-state index contributed by atoms with van der Waals surface area (Å²) in [6.45, 7) is 17.1. The molecule has 14 nitrogen and oxygen atoms in total. The number of amides is 5. The predicted octanol–water partition coefficient (Wildman–Crippen LogP) is 9.99. The number of hydrogen-bond acceptors (Lipinski definition) is 10. The summed E-state index contributed by atoms with van der Waals surface area (Å²) < 4.78 is 27.3. The number of aliphatic hydroxyl groups is 1. The number of unbranched alkanes of at least 4 members (excludes halogenated alkanes) is 4. The summed E-state index contributed by atoms with van der Waals surface area (Å²) in [5.74, 6) is -2.43. The topological polar surface area (TPSA) is 195 Å². The number of carbonyl (C=O) groups excluding carboxylic acids is 5. The number of aromatic nitrogens is 1. The number of piperidine rings is 1. The van der Waals surface area contributed by atoms with E-state index >= 15 is 4.79 Å². The lowest BCUT2D eigenvalue weighted by Crippen LogP contribution is -2.59. The molecule has 0 spiro atoms. The Balaban J connectivity index is 1.00. The highest BCUT2D eigenvalue weighted by Crippen LogP contribution is 2.53. The third kappa shape index (κ3) is 15.4. The fraction of sp³-hybridized carbons (Fsp3) is 0.552. The summed E-state index contributed by atoms with van der Waals surface area (Å²) >= 11 is 14.5. The molecule has 76 heavy (non-hydrogen) atoms. The van der Waals surface area contributed by atoms with Gasteiger partial charge in [0.2, 0.25) is 29.5 Å². The average molecular weight is 1120 g/mol. The standard InChI is InChI=1S/C58H78Cl2N6O8S2/c1-36(2)48(34-76(73,74)37(3)4)66-51(40-23-25-43(59)26-24-40)46(42-16-15-17-44(60)28-42)30-58(9,56(66)72)31-50(69)61-27-14-12-10-11-13-18-49(68)64-53(57(6,7)8)55(71)65-33-45(67)29-47(65)54(70)62-32-39-19-21-41(22-20-39)52-38(5)63-35-75-52/h15-17,19-26,28,35-37,45-48,51,53,67H,10-14,18,27,29-34H2,1-9H3,(H,61,69)(H,62,70)(H,64,68)/t45-,46-,47+,48-,51-,53-,58-/m1/s1. The van der Waals surface area contributed by atoms with Crippen LogP contribution in [0.2, 0.25) is 10.0 Å². The first-order chi connectivity index (χ1) is 35.8. The molecule has 4 aromatic rings. The smallest absolute Gasteiger partial charge is 0.246 e. The molecule has 2 fully saturated rings. The van der Waals surface area contributed by atoms with Crippen LogP contribution in [0.25, 0.3) is 10.4 Å². The molecule has 3 aromatic carbocycles. The number of carbonyl (C=O) groups is 5. The van der Waals surface area contributed by atoms with Crippen molar-refractivity contribution in [1.29, 1.82) is 0 Å². The van der Waals surface area contributed by atoms with E-state index in [1.54, 1.807) is 48.3 Å². The third-order valence-electron chi connectivity index (χ3n) is 15.0. The number of nitrogens with zero attached hydrogens (tertiary/aromatic N) is 3. The van der Waals surface area contributed by atoms with Gasteiger partial charge in [0, 0.05) is 60.9 Å². The zero-order chi connectivity index (χ0) is 55.7. The van der Waals surface area contributed by atoms with Crippen LogP contribution >= 0.6 is 34.5 Å². The van der Waals surface area contributed by atoms with Crippen LogP contribution in [0, 0.1) is 23.7 Å². The summed E-state index contributed by atoms with van der Waals surface area (Å²) in [4.78, 5) is 78.6. The van der Waals surface area contributed by atoms with Gasteiger partial charge in [-0.15, -0.1) is 11.3 Å². The number of β-amino-alcohol motifs (C(OH)–C–C–N with tert-alkyl or cyclic N) is 1. The Morgan fingerprint density at radius 2 is 1.55 bits per heavy atom. The highest BCUT2D eigenvalue weighted by atomic mass is 35.5. The number of thiazole rings is 1. The minimum absolute atomic E-state index is 0.0136. The fourth-order valence-electron chi connectivity index (χ4n) is 10.5. The van der Waals surface area contributed by atoms with Crippen molar-refractivity contribution in [3.8, 4) is 10.4 Å². The van der Waals surface area contributed by atoms with Crippen LogP contribution in [0.15, 0.2) is 78.3 Å². The molecule has 2 aliphatic rings. The molecule has 2 saturated heterocycles. The van der Waals surface area contributed by atoms with Gasteiger partial charge in [-0.2, -0.15) is 0 Å². The second-order valence-corrected chi connectivity index (χ2v) is 27.1. The van der Waals surface area contributed by atoms with Crippen LogP contribution in [-0.4, -0.2) is 106 Å². The number of likely N-dealkylation sites (tertiary alicyclic amines) is 2. The molecule has 4 N–H and O–H groups in total. The predicted molar refractivity (Wildman–Crippen MR) is 302 cm³/mol. The Morgan fingerprint density at radius 3 is 2.17 bits per heavy atom. The molecule has 7 atom stereocenters. The molecular formula is C58H78Cl2N6O8S2. The maximum atomic E-state index is 15.2. The molecule has 5 amide bonds. The number of nitrogens with one attached hydrogen (secondary N) is 3. The summed E-state index contributed by atoms with van der Waals surface area (Å²) in [6, 6.07) is 19.6. The minimum atomic E-state index is -3.61. The molecule has 414 valence electrons. The average Bonchev–Trinajstić information content (AvgIpc) is 3.98. The van der Waals surface area contributed by atoms with Gasteiger partial charge in [0.25, 0.3) is 0 Å². The van der Waals surface area contributed by atoms with Crippen molar-refractivity contribution < 1.29 is 37.5 Å². The molecule has 0 aliphatic carbocycles. The molecule has 2 aliphatic heterocycles. The SMILES string of the molecule is Cc1ncsc1-c1ccc(CNC(=O)[C@@H]2C[C@@H](O)CN2C(=O)[C@@H](NC(=O)CCCCCCCNC(=O)C[C@@]2(C)C[C@H](c3cccc(Cl)c3)[C@@H](c3ccc(Cl)cc3)N([C@H](CS(=O)(=O)C(C)C)C(C)C)C2=O)C(C)(C)C)cc1. The molecule has 6 rings (SSSR count). The molecule has 3 heterocycles. The Labute approximate surface area is 464 Å². The van der Waals surface area contributed by atoms with Gasteiger partial charge in [-0.1, -0.05) is 133 Å². The number of hydrogen-bond donors (Lipinski definition) is 4. The summed E-state index contributed by atoms with van der Waals surface area (Å²) in [7, 11) is -3.61. The molecule has 18 heteroatoms. The van der Waals surface area contributed by atoms with Crippen LogP contribution < -0.4 is 16.0 Å². The lowest BCUT2D eigenvalue weighted by atomic mass is 9.66. The number of aryl methyl sites for hydroxylation is 1. The van der Waals surface area contributed by atoms with E-state index in [4.69, 9.17) is 23.2 Å². The highest BCUT2D eigenvalue weighted by molar-refractivity contribution is 7.92. The first-order valence-electron chi connectivity index (χ1n) is 26.7. The van der Waals surface area contributed by atoms with E-state index in [0.717, 1.165) is 52.1 Å². The van der Waals surface area contributed by atoms with Gasteiger partial charge in [-0.25, -0.2) is 13.4 Å². The van der Waals surface area contributed by atoms with Gasteiger partial charge in [0.15, 0.2) is 9.84 Å².